The van der Waals surface area contributed by atoms with Gasteiger partial charge in [0.05, 0.1) is 17.9 Å². The Bertz CT molecular complexity index is 1410. The van der Waals surface area contributed by atoms with Crippen molar-refractivity contribution in [2.75, 3.05) is 43.1 Å². The fourth-order valence-electron chi connectivity index (χ4n) is 6.18. The van der Waals surface area contributed by atoms with Gasteiger partial charge in [-0.3, -0.25) is 10.1 Å². The molecule has 184 valence electrons. The summed E-state index contributed by atoms with van der Waals surface area (Å²) in [5.74, 6) is 0.889. The number of piperidine rings is 1. The Morgan fingerprint density at radius 1 is 1.06 bits per heavy atom. The second-order valence-electron chi connectivity index (χ2n) is 10.4. The zero-order chi connectivity index (χ0) is 24.1. The predicted octanol–water partition coefficient (Wildman–Crippen LogP) is 4.09. The molecule has 2 fully saturated rings. The number of hydrogen-bond acceptors (Lipinski definition) is 7. The van der Waals surface area contributed by atoms with Gasteiger partial charge in [0.2, 0.25) is 0 Å². The lowest BCUT2D eigenvalue weighted by atomic mass is 9.73. The van der Waals surface area contributed by atoms with Crippen LogP contribution in [-0.4, -0.2) is 59.1 Å². The van der Waals surface area contributed by atoms with E-state index >= 15 is 0 Å². The SMILES string of the molecule is NC1CCN(c2cncc(-c3n[nH]c4ccc(-c5cccc6c5C5(CCOCC5)CN6)cc34)n2)CC1. The van der Waals surface area contributed by atoms with Gasteiger partial charge in [0.1, 0.15) is 17.2 Å². The van der Waals surface area contributed by atoms with Crippen LogP contribution in [0.4, 0.5) is 11.5 Å². The summed E-state index contributed by atoms with van der Waals surface area (Å²) >= 11 is 0. The zero-order valence-electron chi connectivity index (χ0n) is 20.3. The van der Waals surface area contributed by atoms with Crippen molar-refractivity contribution in [2.45, 2.75) is 37.1 Å². The molecule has 0 aliphatic carbocycles. The smallest absolute Gasteiger partial charge is 0.147 e. The Hall–Kier alpha value is -3.49. The van der Waals surface area contributed by atoms with E-state index in [0.717, 1.165) is 86.6 Å². The lowest BCUT2D eigenvalue weighted by Crippen LogP contribution is -2.40. The highest BCUT2D eigenvalue weighted by Gasteiger charge is 2.42. The third-order valence-electron chi connectivity index (χ3n) is 8.26. The average Bonchev–Trinajstić information content (AvgIpc) is 3.51. The topological polar surface area (TPSA) is 105 Å². The van der Waals surface area contributed by atoms with Gasteiger partial charge >= 0.3 is 0 Å². The van der Waals surface area contributed by atoms with Crippen molar-refractivity contribution >= 4 is 22.4 Å². The second kappa shape index (κ2) is 8.57. The Labute approximate surface area is 210 Å². The van der Waals surface area contributed by atoms with Crippen molar-refractivity contribution < 1.29 is 4.74 Å². The summed E-state index contributed by atoms with van der Waals surface area (Å²) in [6.45, 7) is 4.43. The van der Waals surface area contributed by atoms with Crippen molar-refractivity contribution in [3.8, 4) is 22.5 Å². The molecule has 4 aromatic rings. The van der Waals surface area contributed by atoms with Gasteiger partial charge < -0.3 is 20.7 Å². The van der Waals surface area contributed by atoms with Gasteiger partial charge in [0.25, 0.3) is 0 Å². The molecule has 0 unspecified atom stereocenters. The molecule has 8 nitrogen and oxygen atoms in total. The summed E-state index contributed by atoms with van der Waals surface area (Å²) in [5, 5.41) is 12.6. The molecular formula is C28H31N7O. The molecule has 0 radical (unpaired) electrons. The first-order chi connectivity index (χ1) is 17.7. The van der Waals surface area contributed by atoms with Gasteiger partial charge in [-0.15, -0.1) is 0 Å². The zero-order valence-corrected chi connectivity index (χ0v) is 20.3. The van der Waals surface area contributed by atoms with Gasteiger partial charge in [0, 0.05) is 55.4 Å². The minimum Gasteiger partial charge on any atom is -0.384 e. The lowest BCUT2D eigenvalue weighted by Gasteiger charge is -2.34. The maximum Gasteiger partial charge on any atom is 0.147 e. The summed E-state index contributed by atoms with van der Waals surface area (Å²) < 4.78 is 5.72. The summed E-state index contributed by atoms with van der Waals surface area (Å²) in [5.41, 5.74) is 14.0. The average molecular weight is 482 g/mol. The standard InChI is InChI=1S/C28H31N7O/c29-19-6-10-35(11-7-19)25-16-30-15-24(32-25)27-21-14-18(4-5-22(21)33-34-27)20-2-1-3-23-26(20)28(17-31-23)8-12-36-13-9-28/h1-5,14-16,19,31H,6-13,17,29H2,(H,33,34). The monoisotopic (exact) mass is 481 g/mol. The van der Waals surface area contributed by atoms with Gasteiger partial charge in [-0.05, 0) is 60.6 Å². The molecule has 36 heavy (non-hydrogen) atoms. The molecule has 2 aromatic heterocycles. The van der Waals surface area contributed by atoms with Crippen molar-refractivity contribution in [1.29, 1.82) is 0 Å². The fourth-order valence-corrected chi connectivity index (χ4v) is 6.18. The number of rotatable bonds is 3. The van der Waals surface area contributed by atoms with Gasteiger partial charge in [0.15, 0.2) is 0 Å². The maximum atomic E-state index is 6.10. The number of nitrogens with one attached hydrogen (secondary N) is 2. The normalized spacial score (nSPS) is 19.5. The first kappa shape index (κ1) is 21.8. The minimum atomic E-state index is 0.134. The third-order valence-corrected chi connectivity index (χ3v) is 8.26. The molecule has 3 aliphatic rings. The first-order valence-electron chi connectivity index (χ1n) is 13.0. The lowest BCUT2D eigenvalue weighted by molar-refractivity contribution is 0.0569. The van der Waals surface area contributed by atoms with E-state index in [1.165, 1.54) is 22.4 Å². The number of anilines is 2. The highest BCUT2D eigenvalue weighted by atomic mass is 16.5. The maximum absolute atomic E-state index is 6.10. The quantitative estimate of drug-likeness (QED) is 0.405. The molecule has 2 aromatic carbocycles. The van der Waals surface area contributed by atoms with Crippen LogP contribution >= 0.6 is 0 Å². The number of benzene rings is 2. The van der Waals surface area contributed by atoms with E-state index in [0.29, 0.717) is 0 Å². The molecule has 3 aliphatic heterocycles. The minimum absolute atomic E-state index is 0.134. The number of aromatic amines is 1. The van der Waals surface area contributed by atoms with Crippen LogP contribution in [-0.2, 0) is 10.2 Å². The molecule has 0 bridgehead atoms. The molecular weight excluding hydrogens is 450 g/mol. The molecule has 2 saturated heterocycles. The van der Waals surface area contributed by atoms with Crippen LogP contribution in [0, 0.1) is 0 Å². The number of nitrogens with zero attached hydrogens (tertiary/aromatic N) is 4. The van der Waals surface area contributed by atoms with Crippen molar-refractivity contribution in [2.24, 2.45) is 5.73 Å². The van der Waals surface area contributed by atoms with Crippen LogP contribution in [0.25, 0.3) is 33.4 Å². The molecule has 0 amide bonds. The Morgan fingerprint density at radius 3 is 2.78 bits per heavy atom. The highest BCUT2D eigenvalue weighted by Crippen LogP contribution is 2.48. The van der Waals surface area contributed by atoms with Crippen molar-refractivity contribution in [3.05, 3.63) is 54.4 Å². The largest absolute Gasteiger partial charge is 0.384 e. The van der Waals surface area contributed by atoms with E-state index in [-0.39, 0.29) is 11.5 Å². The van der Waals surface area contributed by atoms with E-state index < -0.39 is 0 Å². The summed E-state index contributed by atoms with van der Waals surface area (Å²) in [7, 11) is 0. The summed E-state index contributed by atoms with van der Waals surface area (Å²) in [6.07, 6.45) is 7.70. The predicted molar refractivity (Wildman–Crippen MR) is 142 cm³/mol. The van der Waals surface area contributed by atoms with Crippen LogP contribution in [0.5, 0.6) is 0 Å². The Morgan fingerprint density at radius 2 is 1.92 bits per heavy atom. The number of nitrogens with two attached hydrogens (primary N) is 1. The number of H-pyrrole nitrogens is 1. The van der Waals surface area contributed by atoms with Crippen molar-refractivity contribution in [1.82, 2.24) is 20.2 Å². The number of aromatic nitrogens is 4. The fraction of sp³-hybridized carbons (Fsp3) is 0.393. The Balaban J connectivity index is 1.29. The van der Waals surface area contributed by atoms with Crippen LogP contribution < -0.4 is 16.0 Å². The third kappa shape index (κ3) is 3.55. The van der Waals surface area contributed by atoms with Gasteiger partial charge in [-0.2, -0.15) is 5.10 Å². The van der Waals surface area contributed by atoms with E-state index in [2.05, 4.69) is 61.8 Å². The van der Waals surface area contributed by atoms with E-state index in [1.54, 1.807) is 0 Å². The second-order valence-corrected chi connectivity index (χ2v) is 10.4. The number of fused-ring (bicyclic) bond motifs is 3. The molecule has 1 spiro atoms. The Kier molecular flexibility index (Phi) is 5.18. The first-order valence-corrected chi connectivity index (χ1v) is 13.0. The van der Waals surface area contributed by atoms with E-state index in [9.17, 15) is 0 Å². The van der Waals surface area contributed by atoms with E-state index in [4.69, 9.17) is 15.5 Å². The molecule has 5 heterocycles. The van der Waals surface area contributed by atoms with E-state index in [1.807, 2.05) is 12.4 Å². The van der Waals surface area contributed by atoms with Crippen LogP contribution in [0.15, 0.2) is 48.8 Å². The van der Waals surface area contributed by atoms with Crippen LogP contribution in [0.2, 0.25) is 0 Å². The molecule has 0 atom stereocenters. The number of ether oxygens (including phenoxy) is 1. The van der Waals surface area contributed by atoms with Gasteiger partial charge in [-0.1, -0.05) is 18.2 Å². The molecule has 4 N–H and O–H groups in total. The van der Waals surface area contributed by atoms with Gasteiger partial charge in [-0.25, -0.2) is 4.98 Å². The summed E-state index contributed by atoms with van der Waals surface area (Å²) in [6, 6.07) is 13.5. The molecule has 7 rings (SSSR count). The molecule has 0 saturated carbocycles. The number of hydrogen-bond donors (Lipinski definition) is 3. The van der Waals surface area contributed by atoms with Crippen LogP contribution in [0.3, 0.4) is 0 Å². The van der Waals surface area contributed by atoms with Crippen molar-refractivity contribution in [3.63, 3.8) is 0 Å². The summed E-state index contributed by atoms with van der Waals surface area (Å²) in [4.78, 5) is 11.7. The highest BCUT2D eigenvalue weighted by molar-refractivity contribution is 5.95. The molecule has 8 heteroatoms. The van der Waals surface area contributed by atoms with Crippen LogP contribution in [0.1, 0.15) is 31.2 Å².